The van der Waals surface area contributed by atoms with Crippen LogP contribution in [0, 0.1) is 0 Å². The summed E-state index contributed by atoms with van der Waals surface area (Å²) in [6, 6.07) is 33.7. The van der Waals surface area contributed by atoms with Crippen LogP contribution in [0.15, 0.2) is 97.1 Å². The summed E-state index contributed by atoms with van der Waals surface area (Å²) in [6.45, 7) is 1.08. The lowest BCUT2D eigenvalue weighted by Gasteiger charge is -2.25. The summed E-state index contributed by atoms with van der Waals surface area (Å²) in [5.74, 6) is 1.67. The SMILES string of the molecule is COc1ccc(/C(=C2/c3ccccc3COCc3cc(OC)ccc32)c2ccccc2)cc1. The highest BCUT2D eigenvalue weighted by atomic mass is 16.5. The number of ether oxygens (including phenoxy) is 3. The molecule has 0 spiro atoms. The van der Waals surface area contributed by atoms with E-state index < -0.39 is 0 Å². The fourth-order valence-corrected chi connectivity index (χ4v) is 4.45. The van der Waals surface area contributed by atoms with Gasteiger partial charge in [-0.05, 0) is 68.8 Å². The van der Waals surface area contributed by atoms with Crippen molar-refractivity contribution in [1.82, 2.24) is 0 Å². The van der Waals surface area contributed by atoms with Crippen molar-refractivity contribution in [1.29, 1.82) is 0 Å². The first-order valence-electron chi connectivity index (χ1n) is 11.1. The largest absolute Gasteiger partial charge is 0.497 e. The van der Waals surface area contributed by atoms with Gasteiger partial charge in [-0.25, -0.2) is 0 Å². The van der Waals surface area contributed by atoms with Crippen LogP contribution < -0.4 is 9.47 Å². The maximum Gasteiger partial charge on any atom is 0.119 e. The minimum Gasteiger partial charge on any atom is -0.497 e. The molecule has 1 heterocycles. The lowest BCUT2D eigenvalue weighted by atomic mass is 9.82. The molecule has 5 rings (SSSR count). The Morgan fingerprint density at radius 2 is 1.21 bits per heavy atom. The second kappa shape index (κ2) is 9.35. The van der Waals surface area contributed by atoms with E-state index in [4.69, 9.17) is 14.2 Å². The molecule has 0 radical (unpaired) electrons. The first-order valence-corrected chi connectivity index (χ1v) is 11.1. The summed E-state index contributed by atoms with van der Waals surface area (Å²) >= 11 is 0. The molecule has 3 nitrogen and oxygen atoms in total. The highest BCUT2D eigenvalue weighted by molar-refractivity contribution is 6.05. The fourth-order valence-electron chi connectivity index (χ4n) is 4.45. The molecule has 0 saturated heterocycles. The van der Waals surface area contributed by atoms with E-state index in [9.17, 15) is 0 Å². The molecule has 0 unspecified atom stereocenters. The summed E-state index contributed by atoms with van der Waals surface area (Å²) < 4.78 is 17.1. The van der Waals surface area contributed by atoms with E-state index in [1.807, 2.05) is 18.2 Å². The van der Waals surface area contributed by atoms with Crippen LogP contribution >= 0.6 is 0 Å². The third-order valence-corrected chi connectivity index (χ3v) is 6.07. The topological polar surface area (TPSA) is 27.7 Å². The maximum atomic E-state index is 6.10. The molecule has 1 aliphatic rings. The summed E-state index contributed by atoms with van der Waals surface area (Å²) in [4.78, 5) is 0. The molecule has 33 heavy (non-hydrogen) atoms. The van der Waals surface area contributed by atoms with Gasteiger partial charge in [0.2, 0.25) is 0 Å². The average Bonchev–Trinajstić information content (AvgIpc) is 2.87. The molecule has 0 saturated carbocycles. The molecule has 1 aliphatic heterocycles. The van der Waals surface area contributed by atoms with E-state index in [1.54, 1.807) is 14.2 Å². The van der Waals surface area contributed by atoms with Crippen LogP contribution in [0.5, 0.6) is 11.5 Å². The first kappa shape index (κ1) is 21.0. The van der Waals surface area contributed by atoms with Crippen molar-refractivity contribution in [2.24, 2.45) is 0 Å². The standard InChI is InChI=1S/C30H26O3/c1-31-25-14-12-22(13-15-25)29(21-8-4-3-5-9-21)30-27-11-7-6-10-23(27)19-33-20-24-18-26(32-2)16-17-28(24)30/h3-18H,19-20H2,1-2H3/b30-29-. The summed E-state index contributed by atoms with van der Waals surface area (Å²) in [7, 11) is 3.39. The zero-order valence-corrected chi connectivity index (χ0v) is 18.9. The molecular weight excluding hydrogens is 408 g/mol. The van der Waals surface area contributed by atoms with Gasteiger partial charge < -0.3 is 14.2 Å². The van der Waals surface area contributed by atoms with Gasteiger partial charge in [-0.2, -0.15) is 0 Å². The minimum absolute atomic E-state index is 0.523. The van der Waals surface area contributed by atoms with Gasteiger partial charge in [0.15, 0.2) is 0 Å². The minimum atomic E-state index is 0.523. The Balaban J connectivity index is 1.89. The quantitative estimate of drug-likeness (QED) is 0.356. The number of methoxy groups -OCH3 is 2. The van der Waals surface area contributed by atoms with Crippen molar-refractivity contribution in [3.63, 3.8) is 0 Å². The zero-order chi connectivity index (χ0) is 22.6. The fraction of sp³-hybridized carbons (Fsp3) is 0.133. The third-order valence-electron chi connectivity index (χ3n) is 6.07. The Morgan fingerprint density at radius 1 is 0.606 bits per heavy atom. The molecule has 4 aromatic rings. The van der Waals surface area contributed by atoms with E-state index >= 15 is 0 Å². The van der Waals surface area contributed by atoms with Crippen LogP contribution in [0.4, 0.5) is 0 Å². The third kappa shape index (κ3) is 4.15. The van der Waals surface area contributed by atoms with Gasteiger partial charge in [0, 0.05) is 0 Å². The van der Waals surface area contributed by atoms with Crippen molar-refractivity contribution < 1.29 is 14.2 Å². The summed E-state index contributed by atoms with van der Waals surface area (Å²) in [6.07, 6.45) is 0. The van der Waals surface area contributed by atoms with E-state index in [2.05, 4.69) is 78.9 Å². The Labute approximate surface area is 194 Å². The maximum absolute atomic E-state index is 6.10. The van der Waals surface area contributed by atoms with Gasteiger partial charge in [0.05, 0.1) is 27.4 Å². The van der Waals surface area contributed by atoms with Crippen LogP contribution in [0.3, 0.4) is 0 Å². The number of benzene rings is 4. The van der Waals surface area contributed by atoms with E-state index in [-0.39, 0.29) is 0 Å². The molecule has 4 aromatic carbocycles. The number of hydrogen-bond acceptors (Lipinski definition) is 3. The van der Waals surface area contributed by atoms with Gasteiger partial charge in [0.1, 0.15) is 11.5 Å². The predicted molar refractivity (Wildman–Crippen MR) is 132 cm³/mol. The molecule has 0 fully saturated rings. The van der Waals surface area contributed by atoms with E-state index in [0.717, 1.165) is 33.8 Å². The van der Waals surface area contributed by atoms with E-state index in [1.165, 1.54) is 22.3 Å². The smallest absolute Gasteiger partial charge is 0.119 e. The van der Waals surface area contributed by atoms with Crippen LogP contribution in [0.1, 0.15) is 33.4 Å². The van der Waals surface area contributed by atoms with Crippen molar-refractivity contribution in [2.75, 3.05) is 14.2 Å². The van der Waals surface area contributed by atoms with Gasteiger partial charge in [0.25, 0.3) is 0 Å². The number of rotatable bonds is 4. The molecule has 0 aliphatic carbocycles. The van der Waals surface area contributed by atoms with Gasteiger partial charge in [-0.1, -0.05) is 72.8 Å². The van der Waals surface area contributed by atoms with Crippen LogP contribution in [0.25, 0.3) is 11.1 Å². The van der Waals surface area contributed by atoms with E-state index in [0.29, 0.717) is 13.2 Å². The highest BCUT2D eigenvalue weighted by Gasteiger charge is 2.23. The van der Waals surface area contributed by atoms with Crippen LogP contribution in [-0.2, 0) is 18.0 Å². The molecule has 3 heteroatoms. The second-order valence-electron chi connectivity index (χ2n) is 8.02. The molecule has 164 valence electrons. The Kier molecular flexibility index (Phi) is 5.97. The van der Waals surface area contributed by atoms with Gasteiger partial charge >= 0.3 is 0 Å². The zero-order valence-electron chi connectivity index (χ0n) is 18.9. The normalized spacial score (nSPS) is 14.4. The molecule has 0 N–H and O–H groups in total. The highest BCUT2D eigenvalue weighted by Crippen LogP contribution is 2.41. The van der Waals surface area contributed by atoms with Crippen LogP contribution in [0.2, 0.25) is 0 Å². The first-order chi connectivity index (χ1) is 16.3. The Bertz CT molecular complexity index is 1290. The van der Waals surface area contributed by atoms with Gasteiger partial charge in [-0.15, -0.1) is 0 Å². The summed E-state index contributed by atoms with van der Waals surface area (Å²) in [5, 5.41) is 0. The monoisotopic (exact) mass is 434 g/mol. The number of fused-ring (bicyclic) bond motifs is 2. The molecule has 0 atom stereocenters. The van der Waals surface area contributed by atoms with Crippen LogP contribution in [-0.4, -0.2) is 14.2 Å². The molecular formula is C30H26O3. The van der Waals surface area contributed by atoms with Crippen molar-refractivity contribution in [2.45, 2.75) is 13.2 Å². The van der Waals surface area contributed by atoms with Crippen molar-refractivity contribution in [3.05, 3.63) is 130 Å². The molecule has 0 aromatic heterocycles. The lowest BCUT2D eigenvalue weighted by Crippen LogP contribution is -2.09. The Hall–Kier alpha value is -3.82. The molecule has 0 bridgehead atoms. The van der Waals surface area contributed by atoms with Crippen molar-refractivity contribution >= 4 is 11.1 Å². The lowest BCUT2D eigenvalue weighted by molar-refractivity contribution is 0.106. The number of hydrogen-bond donors (Lipinski definition) is 0. The second-order valence-corrected chi connectivity index (χ2v) is 8.02. The Morgan fingerprint density at radius 3 is 1.97 bits per heavy atom. The summed E-state index contributed by atoms with van der Waals surface area (Å²) in [5.41, 5.74) is 9.29. The molecule has 0 amide bonds. The average molecular weight is 435 g/mol. The van der Waals surface area contributed by atoms with Crippen molar-refractivity contribution in [3.8, 4) is 11.5 Å². The predicted octanol–water partition coefficient (Wildman–Crippen LogP) is 6.74. The van der Waals surface area contributed by atoms with Gasteiger partial charge in [-0.3, -0.25) is 0 Å².